The van der Waals surface area contributed by atoms with Crippen LogP contribution in [0.5, 0.6) is 0 Å². The molecule has 1 heterocycles. The third kappa shape index (κ3) is 3.45. The van der Waals surface area contributed by atoms with E-state index in [2.05, 4.69) is 36.1 Å². The summed E-state index contributed by atoms with van der Waals surface area (Å²) < 4.78 is 13.4. The number of rotatable bonds is 5. The fourth-order valence-electron chi connectivity index (χ4n) is 2.65. The third-order valence-corrected chi connectivity index (χ3v) is 3.84. The fraction of sp³-hybridized carbons (Fsp3) is 0.600. The molecule has 1 aromatic carbocycles. The van der Waals surface area contributed by atoms with Crippen LogP contribution in [0.25, 0.3) is 0 Å². The van der Waals surface area contributed by atoms with E-state index in [-0.39, 0.29) is 5.82 Å². The lowest BCUT2D eigenvalue weighted by molar-refractivity contribution is 0.315. The third-order valence-electron chi connectivity index (χ3n) is 3.84. The standard InChI is InChI=1S/C15H24FN3/c1-4-17-10-12-9-13(16)5-6-15(12)19-8-7-14(11-19)18(2)3/h5-6,9,14,17H,4,7-8,10-11H2,1-3H3. The van der Waals surface area contributed by atoms with Crippen molar-refractivity contribution in [2.24, 2.45) is 0 Å². The molecule has 0 bridgehead atoms. The summed E-state index contributed by atoms with van der Waals surface area (Å²) in [5.41, 5.74) is 2.23. The van der Waals surface area contributed by atoms with Crippen LogP contribution in [0.15, 0.2) is 18.2 Å². The topological polar surface area (TPSA) is 18.5 Å². The van der Waals surface area contributed by atoms with Gasteiger partial charge < -0.3 is 15.1 Å². The highest BCUT2D eigenvalue weighted by molar-refractivity contribution is 5.54. The minimum atomic E-state index is -0.153. The molecule has 2 rings (SSSR count). The molecule has 0 aromatic heterocycles. The molecule has 19 heavy (non-hydrogen) atoms. The zero-order chi connectivity index (χ0) is 13.8. The van der Waals surface area contributed by atoms with E-state index in [4.69, 9.17) is 0 Å². The van der Waals surface area contributed by atoms with Gasteiger partial charge in [0.2, 0.25) is 0 Å². The van der Waals surface area contributed by atoms with Crippen molar-refractivity contribution in [2.45, 2.75) is 25.9 Å². The van der Waals surface area contributed by atoms with Crippen LogP contribution in [0.2, 0.25) is 0 Å². The lowest BCUT2D eigenvalue weighted by Gasteiger charge is -2.24. The molecular weight excluding hydrogens is 241 g/mol. The predicted octanol–water partition coefficient (Wildman–Crippen LogP) is 2.08. The molecular formula is C15H24FN3. The monoisotopic (exact) mass is 265 g/mol. The van der Waals surface area contributed by atoms with E-state index >= 15 is 0 Å². The zero-order valence-electron chi connectivity index (χ0n) is 12.1. The number of hydrogen-bond acceptors (Lipinski definition) is 3. The quantitative estimate of drug-likeness (QED) is 0.879. The molecule has 0 aliphatic carbocycles. The second-order valence-corrected chi connectivity index (χ2v) is 5.41. The second kappa shape index (κ2) is 6.35. The van der Waals surface area contributed by atoms with Gasteiger partial charge in [0.1, 0.15) is 5.82 Å². The lowest BCUT2D eigenvalue weighted by atomic mass is 10.1. The molecule has 1 aromatic rings. The summed E-state index contributed by atoms with van der Waals surface area (Å²) >= 11 is 0. The van der Waals surface area contributed by atoms with Crippen molar-refractivity contribution in [3.05, 3.63) is 29.6 Å². The van der Waals surface area contributed by atoms with E-state index in [0.29, 0.717) is 6.04 Å². The van der Waals surface area contributed by atoms with E-state index in [1.165, 1.54) is 12.1 Å². The predicted molar refractivity (Wildman–Crippen MR) is 78.1 cm³/mol. The van der Waals surface area contributed by atoms with Crippen molar-refractivity contribution in [3.63, 3.8) is 0 Å². The molecule has 1 aliphatic rings. The van der Waals surface area contributed by atoms with Crippen LogP contribution in [-0.4, -0.2) is 44.7 Å². The fourth-order valence-corrected chi connectivity index (χ4v) is 2.65. The smallest absolute Gasteiger partial charge is 0.123 e. The number of likely N-dealkylation sites (N-methyl/N-ethyl adjacent to an activating group) is 1. The minimum Gasteiger partial charge on any atom is -0.370 e. The van der Waals surface area contributed by atoms with E-state index in [9.17, 15) is 4.39 Å². The first-order valence-corrected chi connectivity index (χ1v) is 7.02. The molecule has 1 unspecified atom stereocenters. The van der Waals surface area contributed by atoms with Gasteiger partial charge in [-0.1, -0.05) is 6.92 Å². The average Bonchev–Trinajstić information content (AvgIpc) is 2.86. The number of anilines is 1. The molecule has 0 spiro atoms. The van der Waals surface area contributed by atoms with Gasteiger partial charge >= 0.3 is 0 Å². The molecule has 0 amide bonds. The Morgan fingerprint density at radius 3 is 2.84 bits per heavy atom. The Hall–Kier alpha value is -1.13. The lowest BCUT2D eigenvalue weighted by Crippen LogP contribution is -2.32. The van der Waals surface area contributed by atoms with Gasteiger partial charge in [-0.25, -0.2) is 4.39 Å². The Morgan fingerprint density at radius 2 is 2.21 bits per heavy atom. The maximum atomic E-state index is 13.4. The SMILES string of the molecule is CCNCc1cc(F)ccc1N1CCC(N(C)C)C1. The molecule has 1 fully saturated rings. The van der Waals surface area contributed by atoms with Gasteiger partial charge in [-0.2, -0.15) is 0 Å². The number of hydrogen-bond donors (Lipinski definition) is 1. The van der Waals surface area contributed by atoms with Crippen molar-refractivity contribution in [1.29, 1.82) is 0 Å². The van der Waals surface area contributed by atoms with E-state index in [0.717, 1.165) is 31.7 Å². The van der Waals surface area contributed by atoms with Gasteiger partial charge in [0.15, 0.2) is 0 Å². The number of nitrogens with zero attached hydrogens (tertiary/aromatic N) is 2. The highest BCUT2D eigenvalue weighted by atomic mass is 19.1. The van der Waals surface area contributed by atoms with Crippen LogP contribution in [0.1, 0.15) is 18.9 Å². The van der Waals surface area contributed by atoms with Gasteiger partial charge in [0, 0.05) is 31.4 Å². The molecule has 1 atom stereocenters. The van der Waals surface area contributed by atoms with Crippen LogP contribution in [0.3, 0.4) is 0 Å². The summed E-state index contributed by atoms with van der Waals surface area (Å²) in [6.07, 6.45) is 1.17. The summed E-state index contributed by atoms with van der Waals surface area (Å²) in [6, 6.07) is 5.73. The normalized spacial score (nSPS) is 19.4. The molecule has 0 radical (unpaired) electrons. The molecule has 0 saturated carbocycles. The minimum absolute atomic E-state index is 0.153. The first-order valence-electron chi connectivity index (χ1n) is 7.02. The van der Waals surface area contributed by atoms with Crippen molar-refractivity contribution in [3.8, 4) is 0 Å². The first kappa shape index (κ1) is 14.3. The van der Waals surface area contributed by atoms with E-state index in [1.807, 2.05) is 6.07 Å². The van der Waals surface area contributed by atoms with Gasteiger partial charge in [0.25, 0.3) is 0 Å². The van der Waals surface area contributed by atoms with Crippen LogP contribution in [0.4, 0.5) is 10.1 Å². The van der Waals surface area contributed by atoms with Crippen molar-refractivity contribution in [1.82, 2.24) is 10.2 Å². The maximum Gasteiger partial charge on any atom is 0.123 e. The summed E-state index contributed by atoms with van der Waals surface area (Å²) in [4.78, 5) is 4.64. The van der Waals surface area contributed by atoms with Crippen molar-refractivity contribution >= 4 is 5.69 Å². The maximum absolute atomic E-state index is 13.4. The second-order valence-electron chi connectivity index (χ2n) is 5.41. The van der Waals surface area contributed by atoms with Crippen LogP contribution in [-0.2, 0) is 6.54 Å². The molecule has 1 aliphatic heterocycles. The number of nitrogens with one attached hydrogen (secondary N) is 1. The highest BCUT2D eigenvalue weighted by Crippen LogP contribution is 2.26. The largest absolute Gasteiger partial charge is 0.370 e. The van der Waals surface area contributed by atoms with Gasteiger partial charge in [0.05, 0.1) is 0 Å². The Morgan fingerprint density at radius 1 is 1.42 bits per heavy atom. The van der Waals surface area contributed by atoms with Crippen LogP contribution < -0.4 is 10.2 Å². The van der Waals surface area contributed by atoms with Crippen LogP contribution >= 0.6 is 0 Å². The number of halogens is 1. The Bertz CT molecular complexity index is 420. The first-order chi connectivity index (χ1) is 9.11. The molecule has 1 saturated heterocycles. The zero-order valence-corrected chi connectivity index (χ0v) is 12.1. The molecule has 4 heteroatoms. The number of benzene rings is 1. The van der Waals surface area contributed by atoms with Crippen molar-refractivity contribution in [2.75, 3.05) is 38.6 Å². The van der Waals surface area contributed by atoms with E-state index in [1.54, 1.807) is 12.1 Å². The van der Waals surface area contributed by atoms with Gasteiger partial charge in [-0.15, -0.1) is 0 Å². The summed E-state index contributed by atoms with van der Waals surface area (Å²) in [5, 5.41) is 3.29. The molecule has 106 valence electrons. The summed E-state index contributed by atoms with van der Waals surface area (Å²) in [6.45, 7) is 5.77. The Kier molecular flexibility index (Phi) is 4.77. The highest BCUT2D eigenvalue weighted by Gasteiger charge is 2.25. The van der Waals surface area contributed by atoms with Crippen LogP contribution in [0, 0.1) is 5.82 Å². The Balaban J connectivity index is 2.15. The molecule has 3 nitrogen and oxygen atoms in total. The van der Waals surface area contributed by atoms with Gasteiger partial charge in [-0.05, 0) is 50.8 Å². The summed E-state index contributed by atoms with van der Waals surface area (Å²) in [5.74, 6) is -0.153. The van der Waals surface area contributed by atoms with E-state index < -0.39 is 0 Å². The van der Waals surface area contributed by atoms with Crippen molar-refractivity contribution < 1.29 is 4.39 Å². The Labute approximate surface area is 115 Å². The average molecular weight is 265 g/mol. The molecule has 1 N–H and O–H groups in total. The van der Waals surface area contributed by atoms with Gasteiger partial charge in [-0.3, -0.25) is 0 Å². The summed E-state index contributed by atoms with van der Waals surface area (Å²) in [7, 11) is 4.25.